The van der Waals surface area contributed by atoms with E-state index in [0.29, 0.717) is 19.4 Å². The predicted molar refractivity (Wildman–Crippen MR) is 64.5 cm³/mol. The molecule has 1 unspecified atom stereocenters. The minimum atomic E-state index is -1.21. The van der Waals surface area contributed by atoms with Gasteiger partial charge in [-0.3, -0.25) is 4.79 Å². The second kappa shape index (κ2) is 8.87. The zero-order valence-electron chi connectivity index (χ0n) is 9.94. The highest BCUT2D eigenvalue weighted by Gasteiger charge is 2.20. The van der Waals surface area contributed by atoms with Crippen molar-refractivity contribution in [1.29, 1.82) is 0 Å². The molecular weight excluding hydrogens is 238 g/mol. The van der Waals surface area contributed by atoms with Crippen molar-refractivity contribution >= 4 is 17.9 Å². The van der Waals surface area contributed by atoms with Crippen LogP contribution in [0.15, 0.2) is 0 Å². The summed E-state index contributed by atoms with van der Waals surface area (Å²) in [5, 5.41) is 13.5. The Morgan fingerprint density at radius 1 is 1.39 bits per heavy atom. The van der Waals surface area contributed by atoms with E-state index in [1.165, 1.54) is 0 Å². The van der Waals surface area contributed by atoms with Gasteiger partial charge < -0.3 is 21.5 Å². The maximum Gasteiger partial charge on any atom is 0.326 e. The number of carboxylic acids is 1. The van der Waals surface area contributed by atoms with E-state index < -0.39 is 23.9 Å². The zero-order valence-corrected chi connectivity index (χ0v) is 9.94. The Labute approximate surface area is 105 Å². The highest BCUT2D eigenvalue weighted by Crippen LogP contribution is 1.97. The molecule has 7 nitrogen and oxygen atoms in total. The fraction of sp³-hybridized carbons (Fsp3) is 0.545. The van der Waals surface area contributed by atoms with Crippen molar-refractivity contribution in [3.05, 3.63) is 0 Å². The van der Waals surface area contributed by atoms with Crippen molar-refractivity contribution in [2.45, 2.75) is 31.7 Å². The monoisotopic (exact) mass is 255 g/mol. The van der Waals surface area contributed by atoms with Gasteiger partial charge in [0.25, 0.3) is 0 Å². The first kappa shape index (κ1) is 15.8. The quantitative estimate of drug-likeness (QED) is 0.342. The van der Waals surface area contributed by atoms with Gasteiger partial charge in [-0.05, 0) is 12.8 Å². The first-order chi connectivity index (χ1) is 8.47. The number of nitrogens with two attached hydrogens (primary N) is 1. The second-order valence-electron chi connectivity index (χ2n) is 3.60. The molecule has 5 N–H and O–H groups in total. The molecule has 0 rings (SSSR count). The first-order valence-corrected chi connectivity index (χ1v) is 5.46. The van der Waals surface area contributed by atoms with Crippen LogP contribution in [-0.2, 0) is 9.59 Å². The molecule has 1 atom stereocenters. The van der Waals surface area contributed by atoms with Crippen molar-refractivity contribution in [3.63, 3.8) is 0 Å². The molecule has 0 aliphatic carbocycles. The number of carboxylic acid groups (broad SMARTS) is 1. The van der Waals surface area contributed by atoms with Gasteiger partial charge >= 0.3 is 12.0 Å². The van der Waals surface area contributed by atoms with Crippen LogP contribution in [0.3, 0.4) is 0 Å². The number of aliphatic carboxylic acids is 1. The van der Waals surface area contributed by atoms with E-state index in [1.54, 1.807) is 0 Å². The summed E-state index contributed by atoms with van der Waals surface area (Å²) in [4.78, 5) is 32.7. The lowest BCUT2D eigenvalue weighted by atomic mass is 10.1. The van der Waals surface area contributed by atoms with E-state index in [-0.39, 0.29) is 12.8 Å². The van der Waals surface area contributed by atoms with Gasteiger partial charge in [-0.15, -0.1) is 12.3 Å². The Morgan fingerprint density at radius 3 is 2.56 bits per heavy atom. The Morgan fingerprint density at radius 2 is 2.06 bits per heavy atom. The van der Waals surface area contributed by atoms with Gasteiger partial charge in [-0.2, -0.15) is 0 Å². The molecule has 0 fully saturated rings. The summed E-state index contributed by atoms with van der Waals surface area (Å²) in [6.45, 7) is 0.359. The minimum Gasteiger partial charge on any atom is -0.480 e. The van der Waals surface area contributed by atoms with E-state index in [9.17, 15) is 14.4 Å². The van der Waals surface area contributed by atoms with Crippen molar-refractivity contribution in [2.24, 2.45) is 5.73 Å². The fourth-order valence-corrected chi connectivity index (χ4v) is 1.15. The van der Waals surface area contributed by atoms with Gasteiger partial charge in [-0.1, -0.05) is 0 Å². The number of carbonyl (C=O) groups is 3. The number of unbranched alkanes of at least 4 members (excludes halogenated alkanes) is 1. The van der Waals surface area contributed by atoms with Crippen LogP contribution in [0.1, 0.15) is 25.7 Å². The average Bonchev–Trinajstić information content (AvgIpc) is 2.29. The van der Waals surface area contributed by atoms with Crippen LogP contribution in [0.25, 0.3) is 0 Å². The number of rotatable bonds is 8. The van der Waals surface area contributed by atoms with Crippen LogP contribution < -0.4 is 16.4 Å². The van der Waals surface area contributed by atoms with Crippen LogP contribution in [0, 0.1) is 12.3 Å². The van der Waals surface area contributed by atoms with Crippen LogP contribution in [-0.4, -0.2) is 35.6 Å². The van der Waals surface area contributed by atoms with Crippen LogP contribution in [0.5, 0.6) is 0 Å². The molecule has 0 bridgehead atoms. The largest absolute Gasteiger partial charge is 0.480 e. The maximum atomic E-state index is 11.3. The zero-order chi connectivity index (χ0) is 14.0. The summed E-state index contributed by atoms with van der Waals surface area (Å²) in [5.41, 5.74) is 4.91. The van der Waals surface area contributed by atoms with Crippen molar-refractivity contribution in [2.75, 3.05) is 6.54 Å². The molecule has 0 aliphatic heterocycles. The van der Waals surface area contributed by atoms with E-state index in [4.69, 9.17) is 17.3 Å². The Balaban J connectivity index is 4.00. The number of hydrogen-bond acceptors (Lipinski definition) is 3. The third kappa shape index (κ3) is 7.98. The lowest BCUT2D eigenvalue weighted by molar-refractivity contribution is -0.139. The molecule has 7 heteroatoms. The smallest absolute Gasteiger partial charge is 0.326 e. The molecule has 0 saturated carbocycles. The molecule has 0 radical (unpaired) electrons. The molecule has 0 aliphatic rings. The van der Waals surface area contributed by atoms with Crippen molar-refractivity contribution in [3.8, 4) is 12.3 Å². The Kier molecular flexibility index (Phi) is 7.77. The predicted octanol–water partition coefficient (Wildman–Crippen LogP) is -0.582. The summed E-state index contributed by atoms with van der Waals surface area (Å²) >= 11 is 0. The van der Waals surface area contributed by atoms with Crippen molar-refractivity contribution < 1.29 is 19.5 Å². The van der Waals surface area contributed by atoms with Gasteiger partial charge in [0, 0.05) is 19.4 Å². The highest BCUT2D eigenvalue weighted by molar-refractivity contribution is 5.83. The van der Waals surface area contributed by atoms with Crippen molar-refractivity contribution in [1.82, 2.24) is 10.6 Å². The first-order valence-electron chi connectivity index (χ1n) is 5.46. The molecule has 0 heterocycles. The van der Waals surface area contributed by atoms with Crippen LogP contribution in [0.4, 0.5) is 4.79 Å². The SMILES string of the molecule is C#CCCCNC(=O)NC(CCC(N)=O)C(=O)O. The van der Waals surface area contributed by atoms with E-state index in [0.717, 1.165) is 0 Å². The molecule has 3 amide bonds. The molecule has 0 aromatic carbocycles. The van der Waals surface area contributed by atoms with Gasteiger partial charge in [0.2, 0.25) is 5.91 Å². The summed E-state index contributed by atoms with van der Waals surface area (Å²) < 4.78 is 0. The molecule has 0 aromatic rings. The number of nitrogens with one attached hydrogen (secondary N) is 2. The molecule has 0 saturated heterocycles. The summed E-state index contributed by atoms with van der Waals surface area (Å²) in [7, 11) is 0. The number of urea groups is 1. The molecule has 18 heavy (non-hydrogen) atoms. The standard InChI is InChI=1S/C11H17N3O4/c1-2-3-4-7-13-11(18)14-8(10(16)17)5-6-9(12)15/h1,8H,3-7H2,(H2,12,15)(H,16,17)(H2,13,14,18). The molecule has 0 spiro atoms. The number of terminal acetylenes is 1. The highest BCUT2D eigenvalue weighted by atomic mass is 16.4. The van der Waals surface area contributed by atoms with Crippen LogP contribution in [0.2, 0.25) is 0 Å². The minimum absolute atomic E-state index is 0.0392. The third-order valence-corrected chi connectivity index (χ3v) is 2.07. The average molecular weight is 255 g/mol. The second-order valence-corrected chi connectivity index (χ2v) is 3.60. The lowest BCUT2D eigenvalue weighted by Gasteiger charge is -2.14. The lowest BCUT2D eigenvalue weighted by Crippen LogP contribution is -2.46. The van der Waals surface area contributed by atoms with E-state index in [1.807, 2.05) is 0 Å². The van der Waals surface area contributed by atoms with Gasteiger partial charge in [-0.25, -0.2) is 9.59 Å². The van der Waals surface area contributed by atoms with E-state index in [2.05, 4.69) is 16.6 Å². The number of primary amides is 1. The number of amides is 3. The summed E-state index contributed by atoms with van der Waals surface area (Å²) in [6, 6.07) is -1.74. The van der Waals surface area contributed by atoms with Gasteiger partial charge in [0.15, 0.2) is 0 Å². The van der Waals surface area contributed by atoms with E-state index >= 15 is 0 Å². The molecule has 100 valence electrons. The fourth-order valence-electron chi connectivity index (χ4n) is 1.15. The Hall–Kier alpha value is -2.23. The maximum absolute atomic E-state index is 11.3. The molecule has 0 aromatic heterocycles. The Bertz CT molecular complexity index is 349. The van der Waals surface area contributed by atoms with Crippen LogP contribution >= 0.6 is 0 Å². The van der Waals surface area contributed by atoms with Gasteiger partial charge in [0.1, 0.15) is 6.04 Å². The topological polar surface area (TPSA) is 122 Å². The summed E-state index contributed by atoms with van der Waals surface area (Å²) in [5.74, 6) is 0.590. The van der Waals surface area contributed by atoms with Gasteiger partial charge in [0.05, 0.1) is 0 Å². The molecular formula is C11H17N3O4. The third-order valence-electron chi connectivity index (χ3n) is 2.07. The summed E-state index contributed by atoms with van der Waals surface area (Å²) in [6.07, 6.45) is 6.04. The number of hydrogen-bond donors (Lipinski definition) is 4. The number of carbonyl (C=O) groups excluding carboxylic acids is 2. The normalized spacial score (nSPS) is 11.1.